The maximum atomic E-state index is 12.1. The van der Waals surface area contributed by atoms with Gasteiger partial charge in [0.05, 0.1) is 23.9 Å². The number of carbonyl (C=O) groups is 1. The number of aromatic hydroxyl groups is 1. The molecule has 3 N–H and O–H groups in total. The number of pyridine rings is 1. The van der Waals surface area contributed by atoms with Gasteiger partial charge in [0.25, 0.3) is 0 Å². The fourth-order valence-electron chi connectivity index (χ4n) is 3.84. The number of alkyl carbamates (subject to hydrolysis) is 1. The maximum Gasteiger partial charge on any atom is 0.407 e. The second-order valence-corrected chi connectivity index (χ2v) is 7.84. The molecule has 0 aliphatic heterocycles. The Morgan fingerprint density at radius 3 is 2.62 bits per heavy atom. The van der Waals surface area contributed by atoms with Crippen molar-refractivity contribution in [1.29, 1.82) is 0 Å². The van der Waals surface area contributed by atoms with E-state index in [4.69, 9.17) is 9.72 Å². The molecule has 0 spiro atoms. The molecule has 2 aromatic carbocycles. The van der Waals surface area contributed by atoms with Gasteiger partial charge in [-0.15, -0.1) is 0 Å². The predicted molar refractivity (Wildman–Crippen MR) is 124 cm³/mol. The van der Waals surface area contributed by atoms with E-state index in [1.165, 1.54) is 0 Å². The van der Waals surface area contributed by atoms with Crippen molar-refractivity contribution < 1.29 is 14.6 Å². The van der Waals surface area contributed by atoms with Gasteiger partial charge >= 0.3 is 6.09 Å². The summed E-state index contributed by atoms with van der Waals surface area (Å²) in [5, 5.41) is 20.7. The Hall–Kier alpha value is -3.87. The van der Waals surface area contributed by atoms with Gasteiger partial charge < -0.3 is 15.2 Å². The summed E-state index contributed by atoms with van der Waals surface area (Å²) in [5.74, 6) is 0.196. The van der Waals surface area contributed by atoms with Crippen LogP contribution in [0.3, 0.4) is 0 Å². The van der Waals surface area contributed by atoms with Crippen molar-refractivity contribution in [3.8, 4) is 28.0 Å². The number of H-pyrrole nitrogens is 1. The van der Waals surface area contributed by atoms with Crippen LogP contribution in [0.2, 0.25) is 0 Å². The number of amides is 1. The molecule has 0 saturated heterocycles. The topological polar surface area (TPSA) is 100 Å². The highest BCUT2D eigenvalue weighted by Gasteiger charge is 2.18. The summed E-state index contributed by atoms with van der Waals surface area (Å²) >= 11 is 0. The van der Waals surface area contributed by atoms with Crippen molar-refractivity contribution in [2.45, 2.75) is 39.8 Å². The number of nitrogens with one attached hydrogen (secondary N) is 2. The fourth-order valence-corrected chi connectivity index (χ4v) is 3.84. The van der Waals surface area contributed by atoms with Crippen molar-refractivity contribution in [2.75, 3.05) is 0 Å². The summed E-state index contributed by atoms with van der Waals surface area (Å²) in [6, 6.07) is 13.2. The van der Waals surface area contributed by atoms with Crippen LogP contribution in [-0.4, -0.2) is 32.5 Å². The fraction of sp³-hybridized carbons (Fsp3) is 0.240. The number of hydrogen-bond donors (Lipinski definition) is 3. The van der Waals surface area contributed by atoms with Crippen molar-refractivity contribution in [3.05, 3.63) is 66.1 Å². The minimum absolute atomic E-state index is 0.196. The second-order valence-electron chi connectivity index (χ2n) is 7.84. The lowest BCUT2D eigenvalue weighted by Gasteiger charge is -2.19. The molecule has 4 rings (SSSR count). The number of rotatable bonds is 6. The summed E-state index contributed by atoms with van der Waals surface area (Å²) < 4.78 is 5.20. The largest absolute Gasteiger partial charge is 0.508 e. The van der Waals surface area contributed by atoms with Crippen LogP contribution in [0.1, 0.15) is 32.0 Å². The van der Waals surface area contributed by atoms with Crippen LogP contribution in [-0.2, 0) is 17.7 Å². The first-order chi connectivity index (χ1) is 15.5. The smallest absolute Gasteiger partial charge is 0.407 e. The highest BCUT2D eigenvalue weighted by molar-refractivity contribution is 5.87. The van der Waals surface area contributed by atoms with Gasteiger partial charge in [0.2, 0.25) is 0 Å². The Labute approximate surface area is 186 Å². The second kappa shape index (κ2) is 9.09. The number of phenols is 1. The molecule has 4 aromatic rings. The number of carbonyl (C=O) groups excluding carboxylic acids is 1. The van der Waals surface area contributed by atoms with Gasteiger partial charge in [0, 0.05) is 28.9 Å². The van der Waals surface area contributed by atoms with Crippen LogP contribution in [0.25, 0.3) is 33.2 Å². The molecule has 0 radical (unpaired) electrons. The minimum atomic E-state index is -0.481. The number of ether oxygens (including phenoxy) is 1. The highest BCUT2D eigenvalue weighted by atomic mass is 16.6. The number of phenolic OH excluding ortho intramolecular Hbond substituents is 1. The zero-order chi connectivity index (χ0) is 22.7. The predicted octanol–water partition coefficient (Wildman–Crippen LogP) is 5.19. The minimum Gasteiger partial charge on any atom is -0.508 e. The van der Waals surface area contributed by atoms with Crippen LogP contribution in [0.4, 0.5) is 4.79 Å². The molecule has 7 heteroatoms. The van der Waals surface area contributed by atoms with E-state index in [2.05, 4.69) is 28.5 Å². The molecule has 7 nitrogen and oxygen atoms in total. The maximum absolute atomic E-state index is 12.1. The molecule has 0 saturated carbocycles. The van der Waals surface area contributed by atoms with Crippen LogP contribution in [0.5, 0.6) is 5.75 Å². The molecule has 32 heavy (non-hydrogen) atoms. The van der Waals surface area contributed by atoms with Crippen LogP contribution >= 0.6 is 0 Å². The first-order valence-electron chi connectivity index (χ1n) is 10.6. The third-order valence-corrected chi connectivity index (χ3v) is 5.26. The zero-order valence-corrected chi connectivity index (χ0v) is 18.3. The van der Waals surface area contributed by atoms with Gasteiger partial charge in [-0.05, 0) is 61.2 Å². The summed E-state index contributed by atoms with van der Waals surface area (Å²) in [7, 11) is 0. The number of aromatic amines is 1. The van der Waals surface area contributed by atoms with Crippen LogP contribution in [0, 0.1) is 0 Å². The van der Waals surface area contributed by atoms with E-state index in [-0.39, 0.29) is 18.4 Å². The van der Waals surface area contributed by atoms with E-state index in [0.29, 0.717) is 0 Å². The van der Waals surface area contributed by atoms with Crippen molar-refractivity contribution in [1.82, 2.24) is 20.5 Å². The van der Waals surface area contributed by atoms with E-state index in [0.717, 1.165) is 50.8 Å². The first kappa shape index (κ1) is 21.4. The zero-order valence-electron chi connectivity index (χ0n) is 18.3. The van der Waals surface area contributed by atoms with Gasteiger partial charge in [-0.25, -0.2) is 4.79 Å². The Balaban J connectivity index is 1.81. The summed E-state index contributed by atoms with van der Waals surface area (Å²) in [4.78, 5) is 16.8. The normalized spacial score (nSPS) is 11.1. The number of nitrogens with zero attached hydrogens (tertiary/aromatic N) is 2. The molecule has 0 bridgehead atoms. The van der Waals surface area contributed by atoms with E-state index >= 15 is 0 Å². The molecule has 2 heterocycles. The third kappa shape index (κ3) is 4.42. The lowest BCUT2D eigenvalue weighted by Crippen LogP contribution is -2.27. The van der Waals surface area contributed by atoms with E-state index in [9.17, 15) is 9.90 Å². The average Bonchev–Trinajstić information content (AvgIpc) is 3.25. The number of fused-ring (bicyclic) bond motifs is 1. The lowest BCUT2D eigenvalue weighted by molar-refractivity contribution is 0.115. The molecule has 0 fully saturated rings. The Morgan fingerprint density at radius 1 is 1.16 bits per heavy atom. The number of hydrogen-bond acceptors (Lipinski definition) is 5. The van der Waals surface area contributed by atoms with Gasteiger partial charge in [0.15, 0.2) is 0 Å². The highest BCUT2D eigenvalue weighted by Crippen LogP contribution is 2.36. The van der Waals surface area contributed by atoms with E-state index in [1.807, 2.05) is 36.7 Å². The van der Waals surface area contributed by atoms with E-state index in [1.54, 1.807) is 26.0 Å². The Morgan fingerprint density at radius 2 is 1.91 bits per heavy atom. The molecule has 0 atom stereocenters. The first-order valence-corrected chi connectivity index (χ1v) is 10.6. The van der Waals surface area contributed by atoms with Crippen molar-refractivity contribution >= 4 is 17.0 Å². The third-order valence-electron chi connectivity index (χ3n) is 5.26. The van der Waals surface area contributed by atoms with Gasteiger partial charge in [-0.3, -0.25) is 10.1 Å². The van der Waals surface area contributed by atoms with Gasteiger partial charge in [-0.1, -0.05) is 25.1 Å². The van der Waals surface area contributed by atoms with Crippen LogP contribution < -0.4 is 5.32 Å². The summed E-state index contributed by atoms with van der Waals surface area (Å²) in [5.41, 5.74) is 6.69. The van der Waals surface area contributed by atoms with Gasteiger partial charge in [0.1, 0.15) is 5.75 Å². The van der Waals surface area contributed by atoms with Crippen molar-refractivity contribution in [3.63, 3.8) is 0 Å². The average molecular weight is 431 g/mol. The Bertz CT molecular complexity index is 1250. The Kier molecular flexibility index (Phi) is 6.07. The number of aromatic nitrogens is 3. The monoisotopic (exact) mass is 430 g/mol. The summed E-state index contributed by atoms with van der Waals surface area (Å²) in [6.07, 6.45) is 3.81. The van der Waals surface area contributed by atoms with Gasteiger partial charge in [-0.2, -0.15) is 5.10 Å². The van der Waals surface area contributed by atoms with Crippen LogP contribution in [0.15, 0.2) is 54.9 Å². The SMILES string of the molecule is CCc1c(-c2ccc3n[nH]cc3c2)cnc(CNC(=O)OC(C)C)c1-c1ccc(O)cc1. The molecular formula is C25H26N4O3. The lowest BCUT2D eigenvalue weighted by atomic mass is 9.90. The quantitative estimate of drug-likeness (QED) is 0.391. The number of benzene rings is 2. The van der Waals surface area contributed by atoms with Crippen molar-refractivity contribution in [2.24, 2.45) is 0 Å². The molecule has 0 unspecified atom stereocenters. The molecule has 0 aliphatic rings. The molecule has 164 valence electrons. The molecule has 0 aliphatic carbocycles. The molecule has 2 aromatic heterocycles. The van der Waals surface area contributed by atoms with E-state index < -0.39 is 6.09 Å². The summed E-state index contributed by atoms with van der Waals surface area (Å²) in [6.45, 7) is 5.94. The standard InChI is InChI=1S/C25H26N4O3/c1-4-20-21(17-7-10-22-18(11-17)12-28-29-22)13-26-23(14-27-25(31)32-15(2)3)24(20)16-5-8-19(30)9-6-16/h5-13,15,30H,4,14H2,1-3H3,(H,27,31)(H,28,29). The molecular weight excluding hydrogens is 404 g/mol. The molecule has 1 amide bonds.